The third-order valence-corrected chi connectivity index (χ3v) is 4.04. The first-order valence-corrected chi connectivity index (χ1v) is 6.62. The smallest absolute Gasteiger partial charge is 0.337 e. The quantitative estimate of drug-likeness (QED) is 0.745. The van der Waals surface area contributed by atoms with Crippen LogP contribution in [0.3, 0.4) is 0 Å². The van der Waals surface area contributed by atoms with Gasteiger partial charge in [0.1, 0.15) is 0 Å². The third kappa shape index (κ3) is 1.87. The summed E-state index contributed by atoms with van der Waals surface area (Å²) in [5, 5.41) is 9.00. The van der Waals surface area contributed by atoms with Gasteiger partial charge in [-0.1, -0.05) is 35.3 Å². The van der Waals surface area contributed by atoms with Crippen LogP contribution in [-0.2, 0) is 0 Å². The largest absolute Gasteiger partial charge is 0.478 e. The van der Waals surface area contributed by atoms with E-state index >= 15 is 0 Å². The molecule has 4 nitrogen and oxygen atoms in total. The molecule has 104 valence electrons. The summed E-state index contributed by atoms with van der Waals surface area (Å²) in [5.41, 5.74) is 0.00854. The molecule has 0 unspecified atom stereocenters. The molecule has 0 amide bonds. The van der Waals surface area contributed by atoms with Crippen molar-refractivity contribution in [2.45, 2.75) is 0 Å². The molecule has 1 N–H and O–H groups in total. The van der Waals surface area contributed by atoms with Gasteiger partial charge in [-0.3, -0.25) is 9.59 Å². The standard InChI is InChI=1S/C15H6Cl2O4/c16-9-3-1-2-6-10(9)13(18)7-4-5-8(15(20)21)12(17)11(7)14(6)19/h1-5H,(H,20,21). The molecule has 21 heavy (non-hydrogen) atoms. The Balaban J connectivity index is 2.36. The molecule has 0 saturated heterocycles. The molecule has 0 spiro atoms. The Hall–Kier alpha value is -2.17. The maximum absolute atomic E-state index is 12.5. The maximum atomic E-state index is 12.5. The van der Waals surface area contributed by atoms with Gasteiger partial charge in [-0.2, -0.15) is 0 Å². The minimum Gasteiger partial charge on any atom is -0.478 e. The van der Waals surface area contributed by atoms with E-state index in [1.54, 1.807) is 6.07 Å². The molecule has 6 heteroatoms. The van der Waals surface area contributed by atoms with Gasteiger partial charge in [-0.15, -0.1) is 0 Å². The number of carbonyl (C=O) groups excluding carboxylic acids is 2. The zero-order chi connectivity index (χ0) is 15.3. The normalized spacial score (nSPS) is 12.9. The van der Waals surface area contributed by atoms with Gasteiger partial charge in [0.15, 0.2) is 11.6 Å². The van der Waals surface area contributed by atoms with Crippen LogP contribution in [0.1, 0.15) is 42.2 Å². The van der Waals surface area contributed by atoms with Gasteiger partial charge >= 0.3 is 5.97 Å². The van der Waals surface area contributed by atoms with Crippen molar-refractivity contribution in [1.82, 2.24) is 0 Å². The van der Waals surface area contributed by atoms with E-state index in [4.69, 9.17) is 28.3 Å². The van der Waals surface area contributed by atoms with Crippen molar-refractivity contribution in [3.63, 3.8) is 0 Å². The predicted octanol–water partition coefficient (Wildman–Crippen LogP) is 3.47. The molecule has 0 aromatic heterocycles. The van der Waals surface area contributed by atoms with Crippen molar-refractivity contribution >= 4 is 40.7 Å². The van der Waals surface area contributed by atoms with E-state index in [1.165, 1.54) is 24.3 Å². The lowest BCUT2D eigenvalue weighted by Gasteiger charge is -2.19. The van der Waals surface area contributed by atoms with Gasteiger partial charge in [-0.05, 0) is 18.2 Å². The maximum Gasteiger partial charge on any atom is 0.337 e. The van der Waals surface area contributed by atoms with Crippen LogP contribution in [0.4, 0.5) is 0 Å². The predicted molar refractivity (Wildman–Crippen MR) is 76.7 cm³/mol. The highest BCUT2D eigenvalue weighted by Crippen LogP contribution is 2.36. The number of halogens is 2. The van der Waals surface area contributed by atoms with Crippen molar-refractivity contribution in [2.75, 3.05) is 0 Å². The summed E-state index contributed by atoms with van der Waals surface area (Å²) >= 11 is 12.0. The van der Waals surface area contributed by atoms with Crippen molar-refractivity contribution in [3.05, 3.63) is 68.2 Å². The summed E-state index contributed by atoms with van der Waals surface area (Å²) in [5.74, 6) is -2.21. The van der Waals surface area contributed by atoms with Crippen LogP contribution in [0, 0.1) is 0 Å². The lowest BCUT2D eigenvalue weighted by Crippen LogP contribution is -2.22. The van der Waals surface area contributed by atoms with E-state index < -0.39 is 17.5 Å². The van der Waals surface area contributed by atoms with Gasteiger partial charge < -0.3 is 5.11 Å². The van der Waals surface area contributed by atoms with E-state index in [0.717, 1.165) is 0 Å². The average molecular weight is 321 g/mol. The van der Waals surface area contributed by atoms with Gasteiger partial charge in [-0.25, -0.2) is 4.79 Å². The second-order valence-corrected chi connectivity index (χ2v) is 5.26. The van der Waals surface area contributed by atoms with E-state index in [0.29, 0.717) is 0 Å². The molecule has 0 radical (unpaired) electrons. The summed E-state index contributed by atoms with van der Waals surface area (Å²) < 4.78 is 0. The zero-order valence-corrected chi connectivity index (χ0v) is 11.8. The van der Waals surface area contributed by atoms with Crippen molar-refractivity contribution in [2.24, 2.45) is 0 Å². The molecule has 0 atom stereocenters. The van der Waals surface area contributed by atoms with E-state index in [2.05, 4.69) is 0 Å². The van der Waals surface area contributed by atoms with E-state index in [-0.39, 0.29) is 37.9 Å². The number of carbonyl (C=O) groups is 3. The molecule has 1 aliphatic rings. The first kappa shape index (κ1) is 13.8. The zero-order valence-electron chi connectivity index (χ0n) is 10.3. The van der Waals surface area contributed by atoms with Gasteiger partial charge in [0, 0.05) is 11.1 Å². The molecule has 0 heterocycles. The highest BCUT2D eigenvalue weighted by Gasteiger charge is 2.34. The SMILES string of the molecule is O=C(O)c1ccc2c(c1Cl)C(=O)c1cccc(Cl)c1C2=O. The van der Waals surface area contributed by atoms with Crippen LogP contribution in [0.2, 0.25) is 10.0 Å². The van der Waals surface area contributed by atoms with Crippen LogP contribution in [0.15, 0.2) is 30.3 Å². The molecule has 0 saturated carbocycles. The van der Waals surface area contributed by atoms with E-state index in [9.17, 15) is 14.4 Å². The molecule has 0 bridgehead atoms. The summed E-state index contributed by atoms with van der Waals surface area (Å²) in [7, 11) is 0. The van der Waals surface area contributed by atoms with Crippen LogP contribution < -0.4 is 0 Å². The monoisotopic (exact) mass is 320 g/mol. The lowest BCUT2D eigenvalue weighted by atomic mass is 9.83. The molecular weight excluding hydrogens is 315 g/mol. The first-order chi connectivity index (χ1) is 9.93. The average Bonchev–Trinajstić information content (AvgIpc) is 2.43. The Bertz CT molecular complexity index is 840. The van der Waals surface area contributed by atoms with Crippen LogP contribution in [0.25, 0.3) is 0 Å². The van der Waals surface area contributed by atoms with Crippen LogP contribution >= 0.6 is 23.2 Å². The Morgan fingerprint density at radius 3 is 2.19 bits per heavy atom. The Kier molecular flexibility index (Phi) is 3.08. The summed E-state index contributed by atoms with van der Waals surface area (Å²) in [4.78, 5) is 36.1. The first-order valence-electron chi connectivity index (χ1n) is 5.87. The van der Waals surface area contributed by atoms with Gasteiger partial charge in [0.2, 0.25) is 0 Å². The van der Waals surface area contributed by atoms with Crippen molar-refractivity contribution < 1.29 is 19.5 Å². The molecule has 2 aromatic rings. The molecule has 0 fully saturated rings. The number of ketones is 2. The highest BCUT2D eigenvalue weighted by atomic mass is 35.5. The third-order valence-electron chi connectivity index (χ3n) is 3.33. The molecular formula is C15H6Cl2O4. The van der Waals surface area contributed by atoms with Crippen molar-refractivity contribution in [1.29, 1.82) is 0 Å². The summed E-state index contributed by atoms with van der Waals surface area (Å²) in [6, 6.07) is 7.03. The molecule has 3 rings (SSSR count). The Labute approximate surface area is 128 Å². The second-order valence-electron chi connectivity index (χ2n) is 4.48. The lowest BCUT2D eigenvalue weighted by molar-refractivity contribution is 0.0696. The number of aromatic carboxylic acids is 1. The number of carboxylic acid groups (broad SMARTS) is 1. The fourth-order valence-corrected chi connectivity index (χ4v) is 2.96. The fourth-order valence-electron chi connectivity index (χ4n) is 2.37. The van der Waals surface area contributed by atoms with E-state index in [1.807, 2.05) is 0 Å². The van der Waals surface area contributed by atoms with Crippen LogP contribution in [-0.4, -0.2) is 22.6 Å². The van der Waals surface area contributed by atoms with Crippen LogP contribution in [0.5, 0.6) is 0 Å². The molecule has 0 aliphatic heterocycles. The van der Waals surface area contributed by atoms with Crippen molar-refractivity contribution in [3.8, 4) is 0 Å². The Morgan fingerprint density at radius 1 is 0.905 bits per heavy atom. The minimum atomic E-state index is -1.26. The summed E-state index contributed by atoms with van der Waals surface area (Å²) in [6.07, 6.45) is 0. The number of carboxylic acids is 1. The number of hydrogen-bond donors (Lipinski definition) is 1. The molecule has 2 aromatic carbocycles. The summed E-state index contributed by atoms with van der Waals surface area (Å²) in [6.45, 7) is 0. The topological polar surface area (TPSA) is 71.4 Å². The molecule has 1 aliphatic carbocycles. The highest BCUT2D eigenvalue weighted by molar-refractivity contribution is 6.43. The minimum absolute atomic E-state index is 0.0654. The Morgan fingerprint density at radius 2 is 1.52 bits per heavy atom. The van der Waals surface area contributed by atoms with Gasteiger partial charge in [0.05, 0.1) is 26.7 Å². The number of hydrogen-bond acceptors (Lipinski definition) is 3. The number of rotatable bonds is 1. The number of fused-ring (bicyclic) bond motifs is 2. The van der Waals surface area contributed by atoms with Gasteiger partial charge in [0.25, 0.3) is 0 Å². The fraction of sp³-hybridized carbons (Fsp3) is 0. The second kappa shape index (κ2) is 4.69. The number of benzene rings is 2.